The Morgan fingerprint density at radius 2 is 1.96 bits per heavy atom. The molecule has 0 unspecified atom stereocenters. The van der Waals surface area contributed by atoms with Gasteiger partial charge < -0.3 is 19.5 Å². The van der Waals surface area contributed by atoms with E-state index >= 15 is 0 Å². The lowest BCUT2D eigenvalue weighted by Crippen LogP contribution is -2.28. The number of fused-ring (bicyclic) bond motifs is 1. The van der Waals surface area contributed by atoms with E-state index in [-0.39, 0.29) is 23.7 Å². The van der Waals surface area contributed by atoms with Crippen molar-refractivity contribution in [1.29, 1.82) is 0 Å². The summed E-state index contributed by atoms with van der Waals surface area (Å²) in [6.07, 6.45) is 1.41. The smallest absolute Gasteiger partial charge is 0.354 e. The highest BCUT2D eigenvalue weighted by Gasteiger charge is 2.18. The Hall–Kier alpha value is -3.88. The zero-order chi connectivity index (χ0) is 19.4. The summed E-state index contributed by atoms with van der Waals surface area (Å²) in [5.41, 5.74) is 0.235. The van der Waals surface area contributed by atoms with Gasteiger partial charge in [-0.1, -0.05) is 12.1 Å². The van der Waals surface area contributed by atoms with E-state index in [1.807, 2.05) is 0 Å². The average molecular weight is 370 g/mol. The van der Waals surface area contributed by atoms with E-state index in [4.69, 9.17) is 9.47 Å². The first-order valence-electron chi connectivity index (χ1n) is 7.73. The maximum absolute atomic E-state index is 12.4. The van der Waals surface area contributed by atoms with Gasteiger partial charge >= 0.3 is 5.97 Å². The summed E-state index contributed by atoms with van der Waals surface area (Å²) in [4.78, 5) is 34.7. The van der Waals surface area contributed by atoms with E-state index in [9.17, 15) is 19.7 Å². The van der Waals surface area contributed by atoms with Crippen molar-refractivity contribution >= 4 is 23.6 Å². The van der Waals surface area contributed by atoms with Gasteiger partial charge in [-0.25, -0.2) is 4.79 Å². The molecule has 0 aliphatic carbocycles. The standard InChI is InChI=1S/C18H14N2O7/c1-25-18(22)14(7-11-5-6-15-16(8-11)27-10-26-15)19-17(21)12-3-2-4-13(9-12)20(23)24/h2-9H,10H2,1H3,(H,19,21)/b14-7-. The van der Waals surface area contributed by atoms with Gasteiger partial charge in [0.05, 0.1) is 12.0 Å². The number of hydrogen-bond acceptors (Lipinski definition) is 7. The van der Waals surface area contributed by atoms with Crippen LogP contribution in [0, 0.1) is 10.1 Å². The molecule has 0 saturated heterocycles. The lowest BCUT2D eigenvalue weighted by atomic mass is 10.1. The normalized spacial score (nSPS) is 12.4. The highest BCUT2D eigenvalue weighted by atomic mass is 16.7. The first-order valence-corrected chi connectivity index (χ1v) is 7.73. The molecular formula is C18H14N2O7. The second kappa shape index (κ2) is 7.56. The number of benzene rings is 2. The van der Waals surface area contributed by atoms with Gasteiger partial charge in [-0.2, -0.15) is 0 Å². The van der Waals surface area contributed by atoms with Crippen LogP contribution in [0.5, 0.6) is 11.5 Å². The molecule has 27 heavy (non-hydrogen) atoms. The highest BCUT2D eigenvalue weighted by molar-refractivity contribution is 6.03. The summed E-state index contributed by atoms with van der Waals surface area (Å²) in [6, 6.07) is 10.2. The largest absolute Gasteiger partial charge is 0.464 e. The van der Waals surface area contributed by atoms with E-state index < -0.39 is 16.8 Å². The maximum Gasteiger partial charge on any atom is 0.354 e. The third-order valence-corrected chi connectivity index (χ3v) is 3.68. The summed E-state index contributed by atoms with van der Waals surface area (Å²) in [5, 5.41) is 13.3. The lowest BCUT2D eigenvalue weighted by molar-refractivity contribution is -0.384. The number of hydrogen-bond donors (Lipinski definition) is 1. The van der Waals surface area contributed by atoms with Gasteiger partial charge in [0, 0.05) is 17.7 Å². The number of rotatable bonds is 5. The fraction of sp³-hybridized carbons (Fsp3) is 0.111. The van der Waals surface area contributed by atoms with Crippen molar-refractivity contribution in [3.8, 4) is 11.5 Å². The SMILES string of the molecule is COC(=O)/C(=C/c1ccc2c(c1)OCO2)NC(=O)c1cccc([N+](=O)[O-])c1. The number of nitrogens with zero attached hydrogens (tertiary/aromatic N) is 1. The van der Waals surface area contributed by atoms with Crippen molar-refractivity contribution in [3.05, 3.63) is 69.4 Å². The summed E-state index contributed by atoms with van der Waals surface area (Å²) < 4.78 is 15.2. The van der Waals surface area contributed by atoms with Crippen LogP contribution in [0.3, 0.4) is 0 Å². The molecule has 3 rings (SSSR count). The average Bonchev–Trinajstić information content (AvgIpc) is 3.14. The fourth-order valence-electron chi connectivity index (χ4n) is 2.38. The zero-order valence-corrected chi connectivity index (χ0v) is 14.1. The molecule has 0 atom stereocenters. The number of nitro benzene ring substituents is 1. The van der Waals surface area contributed by atoms with Crippen LogP contribution in [-0.2, 0) is 9.53 Å². The van der Waals surface area contributed by atoms with Gasteiger partial charge in [0.25, 0.3) is 11.6 Å². The Kier molecular flexibility index (Phi) is 5.02. The topological polar surface area (TPSA) is 117 Å². The van der Waals surface area contributed by atoms with Crippen LogP contribution in [0.4, 0.5) is 5.69 Å². The van der Waals surface area contributed by atoms with Crippen LogP contribution < -0.4 is 14.8 Å². The summed E-state index contributed by atoms with van der Waals surface area (Å²) in [5.74, 6) is -0.368. The highest BCUT2D eigenvalue weighted by Crippen LogP contribution is 2.33. The third-order valence-electron chi connectivity index (χ3n) is 3.68. The molecule has 1 aliphatic rings. The second-order valence-corrected chi connectivity index (χ2v) is 5.42. The fourth-order valence-corrected chi connectivity index (χ4v) is 2.38. The molecular weight excluding hydrogens is 356 g/mol. The molecule has 1 amide bonds. The van der Waals surface area contributed by atoms with Crippen LogP contribution in [0.25, 0.3) is 6.08 Å². The number of ether oxygens (including phenoxy) is 3. The lowest BCUT2D eigenvalue weighted by Gasteiger charge is -2.09. The predicted molar refractivity (Wildman–Crippen MR) is 93.1 cm³/mol. The van der Waals surface area contributed by atoms with Gasteiger partial charge in [0.1, 0.15) is 5.70 Å². The molecule has 0 radical (unpaired) electrons. The molecule has 0 saturated carbocycles. The van der Waals surface area contributed by atoms with Crippen molar-refractivity contribution in [2.45, 2.75) is 0 Å². The summed E-state index contributed by atoms with van der Waals surface area (Å²) in [7, 11) is 1.18. The summed E-state index contributed by atoms with van der Waals surface area (Å²) >= 11 is 0. The Morgan fingerprint density at radius 3 is 2.70 bits per heavy atom. The molecule has 0 aromatic heterocycles. The minimum Gasteiger partial charge on any atom is -0.464 e. The molecule has 9 heteroatoms. The zero-order valence-electron chi connectivity index (χ0n) is 14.1. The predicted octanol–water partition coefficient (Wildman–Crippen LogP) is 2.27. The first kappa shape index (κ1) is 17.9. The number of methoxy groups -OCH3 is 1. The van der Waals surface area contributed by atoms with Gasteiger partial charge in [0.2, 0.25) is 6.79 Å². The van der Waals surface area contributed by atoms with E-state index in [2.05, 4.69) is 10.1 Å². The van der Waals surface area contributed by atoms with Crippen molar-refractivity contribution in [3.63, 3.8) is 0 Å². The molecule has 1 N–H and O–H groups in total. The number of nitrogens with one attached hydrogen (secondary N) is 1. The maximum atomic E-state index is 12.4. The first-order chi connectivity index (χ1) is 13.0. The van der Waals surface area contributed by atoms with E-state index in [1.165, 1.54) is 31.4 Å². The quantitative estimate of drug-likeness (QED) is 0.371. The molecule has 9 nitrogen and oxygen atoms in total. The van der Waals surface area contributed by atoms with Crippen molar-refractivity contribution in [2.75, 3.05) is 13.9 Å². The second-order valence-electron chi connectivity index (χ2n) is 5.42. The summed E-state index contributed by atoms with van der Waals surface area (Å²) in [6.45, 7) is 0.107. The van der Waals surface area contributed by atoms with E-state index in [0.29, 0.717) is 17.1 Å². The van der Waals surface area contributed by atoms with Crippen LogP contribution in [0.15, 0.2) is 48.2 Å². The number of carbonyl (C=O) groups is 2. The van der Waals surface area contributed by atoms with Gasteiger partial charge in [-0.05, 0) is 29.8 Å². The van der Waals surface area contributed by atoms with Crippen molar-refractivity contribution in [1.82, 2.24) is 5.32 Å². The molecule has 2 aromatic rings. The number of esters is 1. The van der Waals surface area contributed by atoms with Crippen molar-refractivity contribution < 1.29 is 28.7 Å². The molecule has 138 valence electrons. The third kappa shape index (κ3) is 4.03. The van der Waals surface area contributed by atoms with E-state index in [0.717, 1.165) is 6.07 Å². The molecule has 0 fully saturated rings. The monoisotopic (exact) mass is 370 g/mol. The Balaban J connectivity index is 1.87. The minimum absolute atomic E-state index is 0.0321. The molecule has 0 bridgehead atoms. The Bertz CT molecular complexity index is 952. The van der Waals surface area contributed by atoms with Gasteiger partial charge in [0.15, 0.2) is 11.5 Å². The van der Waals surface area contributed by atoms with Crippen molar-refractivity contribution in [2.24, 2.45) is 0 Å². The van der Waals surface area contributed by atoms with E-state index in [1.54, 1.807) is 18.2 Å². The molecule has 1 aliphatic heterocycles. The minimum atomic E-state index is -0.772. The molecule has 2 aromatic carbocycles. The van der Waals surface area contributed by atoms with Gasteiger partial charge in [-0.3, -0.25) is 14.9 Å². The van der Waals surface area contributed by atoms with Crippen LogP contribution in [0.1, 0.15) is 15.9 Å². The number of nitro groups is 1. The Labute approximate surface area is 153 Å². The number of carbonyl (C=O) groups excluding carboxylic acids is 2. The van der Waals surface area contributed by atoms with Gasteiger partial charge in [-0.15, -0.1) is 0 Å². The molecule has 1 heterocycles. The number of amides is 1. The Morgan fingerprint density at radius 1 is 1.19 bits per heavy atom. The molecule has 0 spiro atoms. The van der Waals surface area contributed by atoms with Crippen LogP contribution in [0.2, 0.25) is 0 Å². The number of non-ortho nitro benzene ring substituents is 1. The van der Waals surface area contributed by atoms with Crippen LogP contribution >= 0.6 is 0 Å². The van der Waals surface area contributed by atoms with Crippen LogP contribution in [-0.4, -0.2) is 30.7 Å².